The van der Waals surface area contributed by atoms with Crippen molar-refractivity contribution >= 4 is 34.7 Å². The van der Waals surface area contributed by atoms with E-state index >= 15 is 0 Å². The van der Waals surface area contributed by atoms with Gasteiger partial charge in [0, 0.05) is 17.1 Å². The lowest BCUT2D eigenvalue weighted by Gasteiger charge is -2.19. The average Bonchev–Trinajstić information content (AvgIpc) is 2.92. The number of carbonyl (C=O) groups is 2. The summed E-state index contributed by atoms with van der Waals surface area (Å²) in [6, 6.07) is 11.7. The van der Waals surface area contributed by atoms with Gasteiger partial charge in [0.15, 0.2) is 0 Å². The van der Waals surface area contributed by atoms with Gasteiger partial charge in [0.25, 0.3) is 11.8 Å². The molecule has 146 valence electrons. The van der Waals surface area contributed by atoms with Crippen LogP contribution < -0.4 is 14.8 Å². The SMILES string of the molecule is COc1ccc(OC)c(NC2=C(c3ccc(Cl)cc3)C(=O)N(C(C)C)C2=O)c1. The Morgan fingerprint density at radius 2 is 1.64 bits per heavy atom. The lowest BCUT2D eigenvalue weighted by molar-refractivity contribution is -0.138. The molecule has 2 aromatic carbocycles. The second kappa shape index (κ2) is 7.94. The van der Waals surface area contributed by atoms with E-state index in [9.17, 15) is 9.59 Å². The highest BCUT2D eigenvalue weighted by atomic mass is 35.5. The van der Waals surface area contributed by atoms with Crippen LogP contribution in [0.1, 0.15) is 19.4 Å². The van der Waals surface area contributed by atoms with Crippen molar-refractivity contribution in [2.45, 2.75) is 19.9 Å². The Hall–Kier alpha value is -2.99. The molecule has 2 aromatic rings. The Kier molecular flexibility index (Phi) is 5.61. The van der Waals surface area contributed by atoms with Gasteiger partial charge in [-0.05, 0) is 43.7 Å². The van der Waals surface area contributed by atoms with E-state index in [2.05, 4.69) is 5.32 Å². The van der Waals surface area contributed by atoms with Gasteiger partial charge in [0.2, 0.25) is 0 Å². The fourth-order valence-corrected chi connectivity index (χ4v) is 3.19. The Morgan fingerprint density at radius 1 is 0.964 bits per heavy atom. The predicted molar refractivity (Wildman–Crippen MR) is 109 cm³/mol. The molecule has 1 N–H and O–H groups in total. The molecule has 0 saturated heterocycles. The second-order valence-corrected chi connectivity index (χ2v) is 6.96. The summed E-state index contributed by atoms with van der Waals surface area (Å²) in [4.78, 5) is 27.3. The average molecular weight is 401 g/mol. The smallest absolute Gasteiger partial charge is 0.278 e. The number of benzene rings is 2. The molecular weight excluding hydrogens is 380 g/mol. The molecule has 0 aromatic heterocycles. The third-order valence-corrected chi connectivity index (χ3v) is 4.68. The molecule has 1 aliphatic heterocycles. The van der Waals surface area contributed by atoms with Crippen molar-refractivity contribution < 1.29 is 19.1 Å². The van der Waals surface area contributed by atoms with E-state index in [1.165, 1.54) is 12.0 Å². The van der Waals surface area contributed by atoms with Crippen LogP contribution in [-0.2, 0) is 9.59 Å². The highest BCUT2D eigenvalue weighted by molar-refractivity contribution is 6.37. The van der Waals surface area contributed by atoms with E-state index in [-0.39, 0.29) is 17.6 Å². The van der Waals surface area contributed by atoms with Crippen LogP contribution in [0.4, 0.5) is 5.69 Å². The van der Waals surface area contributed by atoms with Gasteiger partial charge in [-0.2, -0.15) is 0 Å². The van der Waals surface area contributed by atoms with Crippen molar-refractivity contribution in [3.63, 3.8) is 0 Å². The molecule has 7 heteroatoms. The molecule has 28 heavy (non-hydrogen) atoms. The molecule has 0 radical (unpaired) electrons. The van der Waals surface area contributed by atoms with Gasteiger partial charge in [0.05, 0.1) is 25.5 Å². The zero-order valence-electron chi connectivity index (χ0n) is 16.1. The van der Waals surface area contributed by atoms with E-state index < -0.39 is 5.91 Å². The highest BCUT2D eigenvalue weighted by Gasteiger charge is 2.40. The van der Waals surface area contributed by atoms with Crippen LogP contribution in [0.5, 0.6) is 11.5 Å². The quantitative estimate of drug-likeness (QED) is 0.743. The monoisotopic (exact) mass is 400 g/mol. The van der Waals surface area contributed by atoms with Gasteiger partial charge in [0.1, 0.15) is 17.2 Å². The molecule has 0 spiro atoms. The number of rotatable bonds is 6. The number of anilines is 1. The lowest BCUT2D eigenvalue weighted by atomic mass is 10.0. The topological polar surface area (TPSA) is 67.9 Å². The minimum absolute atomic E-state index is 0.188. The highest BCUT2D eigenvalue weighted by Crippen LogP contribution is 2.36. The molecular formula is C21H21ClN2O4. The first-order valence-corrected chi connectivity index (χ1v) is 9.12. The van der Waals surface area contributed by atoms with Gasteiger partial charge in [-0.3, -0.25) is 14.5 Å². The zero-order chi connectivity index (χ0) is 20.4. The molecule has 0 atom stereocenters. The summed E-state index contributed by atoms with van der Waals surface area (Å²) in [6.07, 6.45) is 0. The van der Waals surface area contributed by atoms with Crippen molar-refractivity contribution in [3.05, 3.63) is 58.7 Å². The van der Waals surface area contributed by atoms with Gasteiger partial charge in [-0.15, -0.1) is 0 Å². The summed E-state index contributed by atoms with van der Waals surface area (Å²) >= 11 is 5.98. The van der Waals surface area contributed by atoms with E-state index in [0.717, 1.165) is 0 Å². The molecule has 0 aliphatic carbocycles. The molecule has 0 bridgehead atoms. The normalized spacial score (nSPS) is 14.1. The van der Waals surface area contributed by atoms with Crippen molar-refractivity contribution in [1.82, 2.24) is 4.90 Å². The van der Waals surface area contributed by atoms with Crippen molar-refractivity contribution in [3.8, 4) is 11.5 Å². The maximum atomic E-state index is 13.1. The summed E-state index contributed by atoms with van der Waals surface area (Å²) in [6.45, 7) is 3.59. The first-order chi connectivity index (χ1) is 13.4. The van der Waals surface area contributed by atoms with Crippen molar-refractivity contribution in [2.24, 2.45) is 0 Å². The van der Waals surface area contributed by atoms with Crippen LogP contribution in [-0.4, -0.2) is 37.0 Å². The molecule has 0 saturated carbocycles. The number of ether oxygens (including phenoxy) is 2. The summed E-state index contributed by atoms with van der Waals surface area (Å²) < 4.78 is 10.6. The van der Waals surface area contributed by atoms with Crippen LogP contribution in [0.15, 0.2) is 48.2 Å². The number of hydrogen-bond acceptors (Lipinski definition) is 5. The van der Waals surface area contributed by atoms with Crippen LogP contribution in [0.2, 0.25) is 5.02 Å². The first-order valence-electron chi connectivity index (χ1n) is 8.74. The molecule has 0 unspecified atom stereocenters. The number of hydrogen-bond donors (Lipinski definition) is 1. The predicted octanol–water partition coefficient (Wildman–Crippen LogP) is 3.96. The third-order valence-electron chi connectivity index (χ3n) is 4.43. The lowest BCUT2D eigenvalue weighted by Crippen LogP contribution is -2.38. The Labute approximate surface area is 168 Å². The Morgan fingerprint density at radius 3 is 2.21 bits per heavy atom. The Balaban J connectivity index is 2.14. The Bertz CT molecular complexity index is 951. The van der Waals surface area contributed by atoms with E-state index in [4.69, 9.17) is 21.1 Å². The van der Waals surface area contributed by atoms with Crippen molar-refractivity contribution in [2.75, 3.05) is 19.5 Å². The maximum absolute atomic E-state index is 13.1. The van der Waals surface area contributed by atoms with Gasteiger partial charge in [-0.1, -0.05) is 23.7 Å². The molecule has 6 nitrogen and oxygen atoms in total. The van der Waals surface area contributed by atoms with Gasteiger partial charge in [-0.25, -0.2) is 0 Å². The first kappa shape index (κ1) is 19.8. The minimum Gasteiger partial charge on any atom is -0.497 e. The van der Waals surface area contributed by atoms with Gasteiger partial charge >= 0.3 is 0 Å². The van der Waals surface area contributed by atoms with Crippen LogP contribution >= 0.6 is 11.6 Å². The zero-order valence-corrected chi connectivity index (χ0v) is 16.8. The van der Waals surface area contributed by atoms with Crippen LogP contribution in [0, 0.1) is 0 Å². The third kappa shape index (κ3) is 3.55. The molecule has 0 fully saturated rings. The van der Waals surface area contributed by atoms with Gasteiger partial charge < -0.3 is 14.8 Å². The number of halogens is 1. The minimum atomic E-state index is -0.394. The maximum Gasteiger partial charge on any atom is 0.278 e. The summed E-state index contributed by atoms with van der Waals surface area (Å²) in [5, 5.41) is 3.64. The van der Waals surface area contributed by atoms with Crippen molar-refractivity contribution in [1.29, 1.82) is 0 Å². The number of methoxy groups -OCH3 is 2. The van der Waals surface area contributed by atoms with Crippen LogP contribution in [0.3, 0.4) is 0 Å². The standard InChI is InChI=1S/C21H21ClN2O4/c1-12(2)24-20(25)18(13-5-7-14(22)8-6-13)19(21(24)26)23-16-11-15(27-3)9-10-17(16)28-4/h5-12,23H,1-4H3. The second-order valence-electron chi connectivity index (χ2n) is 6.52. The fraction of sp³-hybridized carbons (Fsp3) is 0.238. The summed E-state index contributed by atoms with van der Waals surface area (Å²) in [7, 11) is 3.08. The number of carbonyl (C=O) groups excluding carboxylic acids is 2. The number of amides is 2. The van der Waals surface area contributed by atoms with Crippen LogP contribution in [0.25, 0.3) is 5.57 Å². The summed E-state index contributed by atoms with van der Waals surface area (Å²) in [5.41, 5.74) is 1.61. The fourth-order valence-electron chi connectivity index (χ4n) is 3.06. The molecule has 1 heterocycles. The number of imide groups is 1. The number of nitrogens with one attached hydrogen (secondary N) is 1. The van der Waals surface area contributed by atoms with E-state index in [1.54, 1.807) is 63.4 Å². The summed E-state index contributed by atoms with van der Waals surface area (Å²) in [5.74, 6) is 0.364. The largest absolute Gasteiger partial charge is 0.497 e. The number of nitrogens with zero attached hydrogens (tertiary/aromatic N) is 1. The molecule has 3 rings (SSSR count). The van der Waals surface area contributed by atoms with E-state index in [0.29, 0.717) is 33.3 Å². The molecule has 1 aliphatic rings. The van der Waals surface area contributed by atoms with E-state index in [1.807, 2.05) is 0 Å². The molecule has 2 amide bonds.